The van der Waals surface area contributed by atoms with Crippen LogP contribution >= 0.6 is 12.2 Å². The summed E-state index contributed by atoms with van der Waals surface area (Å²) in [6.07, 6.45) is 2.14. The minimum absolute atomic E-state index is 0.247. The lowest BCUT2D eigenvalue weighted by Crippen LogP contribution is -2.00. The molecule has 17 heavy (non-hydrogen) atoms. The molecule has 2 aromatic rings. The Bertz CT molecular complexity index is 542. The van der Waals surface area contributed by atoms with Crippen LogP contribution in [0.25, 0.3) is 11.4 Å². The summed E-state index contributed by atoms with van der Waals surface area (Å²) in [5, 5.41) is 6.97. The van der Waals surface area contributed by atoms with Crippen molar-refractivity contribution in [2.24, 2.45) is 0 Å². The largest absolute Gasteiger partial charge is 0.300 e. The van der Waals surface area contributed by atoms with Crippen molar-refractivity contribution in [3.05, 3.63) is 34.9 Å². The van der Waals surface area contributed by atoms with Gasteiger partial charge in [0, 0.05) is 12.1 Å². The summed E-state index contributed by atoms with van der Waals surface area (Å²) in [5.41, 5.74) is 0.870. The van der Waals surface area contributed by atoms with E-state index in [0.29, 0.717) is 4.77 Å². The maximum Gasteiger partial charge on any atom is 0.195 e. The van der Waals surface area contributed by atoms with Crippen molar-refractivity contribution >= 4 is 12.2 Å². The number of nitrogens with one attached hydrogen (secondary N) is 1. The van der Waals surface area contributed by atoms with E-state index in [1.165, 1.54) is 12.1 Å². The summed E-state index contributed by atoms with van der Waals surface area (Å²) in [4.78, 5) is 0. The van der Waals surface area contributed by atoms with Crippen molar-refractivity contribution in [1.29, 1.82) is 0 Å². The lowest BCUT2D eigenvalue weighted by Gasteiger charge is -2.05. The second kappa shape index (κ2) is 5.23. The first-order chi connectivity index (χ1) is 8.22. The molecule has 1 aromatic heterocycles. The van der Waals surface area contributed by atoms with E-state index in [4.69, 9.17) is 12.2 Å². The molecule has 1 heterocycles. The average Bonchev–Trinajstić information content (AvgIpc) is 2.69. The molecule has 0 saturated carbocycles. The number of aromatic nitrogens is 3. The van der Waals surface area contributed by atoms with E-state index in [-0.39, 0.29) is 5.82 Å². The fourth-order valence-electron chi connectivity index (χ4n) is 1.66. The predicted octanol–water partition coefficient (Wildman–Crippen LogP) is 3.55. The highest BCUT2D eigenvalue weighted by Crippen LogP contribution is 2.18. The summed E-state index contributed by atoms with van der Waals surface area (Å²) < 4.78 is 15.4. The van der Waals surface area contributed by atoms with Gasteiger partial charge in [-0.2, -0.15) is 5.10 Å². The van der Waals surface area contributed by atoms with Crippen LogP contribution < -0.4 is 0 Å². The van der Waals surface area contributed by atoms with Gasteiger partial charge in [0.15, 0.2) is 10.6 Å². The Morgan fingerprint density at radius 3 is 2.71 bits per heavy atom. The van der Waals surface area contributed by atoms with Gasteiger partial charge in [-0.15, -0.1) is 0 Å². The van der Waals surface area contributed by atoms with Crippen LogP contribution in [0.2, 0.25) is 0 Å². The molecular weight excluding hydrogens is 237 g/mol. The molecule has 90 valence electrons. The second-order valence-corrected chi connectivity index (χ2v) is 4.25. The Morgan fingerprint density at radius 1 is 1.35 bits per heavy atom. The summed E-state index contributed by atoms with van der Waals surface area (Å²) in [6.45, 7) is 2.96. The molecule has 1 N–H and O–H groups in total. The number of benzene rings is 1. The molecule has 0 aliphatic heterocycles. The van der Waals surface area contributed by atoms with Crippen molar-refractivity contribution < 1.29 is 4.39 Å². The third-order valence-electron chi connectivity index (χ3n) is 2.60. The van der Waals surface area contributed by atoms with Crippen LogP contribution in [-0.4, -0.2) is 14.8 Å². The van der Waals surface area contributed by atoms with E-state index in [1.54, 1.807) is 12.1 Å². The Labute approximate surface area is 104 Å². The third kappa shape index (κ3) is 2.61. The van der Waals surface area contributed by atoms with E-state index in [0.717, 1.165) is 30.8 Å². The fourth-order valence-corrected chi connectivity index (χ4v) is 1.88. The Kier molecular flexibility index (Phi) is 3.68. The number of hydrogen-bond donors (Lipinski definition) is 1. The normalized spacial score (nSPS) is 10.7. The lowest BCUT2D eigenvalue weighted by molar-refractivity contribution is 0.624. The minimum Gasteiger partial charge on any atom is -0.300 e. The summed E-state index contributed by atoms with van der Waals surface area (Å²) in [5.74, 6) is 0.520. The second-order valence-electron chi connectivity index (χ2n) is 3.86. The van der Waals surface area contributed by atoms with E-state index in [9.17, 15) is 4.39 Å². The molecule has 0 unspecified atom stereocenters. The maximum absolute atomic E-state index is 12.9. The third-order valence-corrected chi connectivity index (χ3v) is 2.91. The van der Waals surface area contributed by atoms with Gasteiger partial charge < -0.3 is 4.57 Å². The van der Waals surface area contributed by atoms with Crippen LogP contribution in [0, 0.1) is 10.6 Å². The number of rotatable bonds is 4. The monoisotopic (exact) mass is 251 g/mol. The summed E-state index contributed by atoms with van der Waals surface area (Å²) >= 11 is 5.18. The van der Waals surface area contributed by atoms with Crippen LogP contribution in [0.5, 0.6) is 0 Å². The zero-order chi connectivity index (χ0) is 12.3. The quantitative estimate of drug-likeness (QED) is 0.843. The highest BCUT2D eigenvalue weighted by atomic mass is 32.1. The summed E-state index contributed by atoms with van der Waals surface area (Å²) in [6, 6.07) is 6.28. The number of H-pyrrole nitrogens is 1. The average molecular weight is 251 g/mol. The van der Waals surface area contributed by atoms with Gasteiger partial charge in [0.25, 0.3) is 0 Å². The minimum atomic E-state index is -0.247. The highest BCUT2D eigenvalue weighted by molar-refractivity contribution is 7.71. The predicted molar refractivity (Wildman–Crippen MR) is 67.7 cm³/mol. The molecule has 0 fully saturated rings. The SMILES string of the molecule is CCCCn1c(-c2ccc(F)cc2)n[nH]c1=S. The molecule has 3 nitrogen and oxygen atoms in total. The Morgan fingerprint density at radius 2 is 2.06 bits per heavy atom. The van der Waals surface area contributed by atoms with Crippen LogP contribution in [0.15, 0.2) is 24.3 Å². The van der Waals surface area contributed by atoms with E-state index < -0.39 is 0 Å². The number of hydrogen-bond acceptors (Lipinski definition) is 2. The zero-order valence-electron chi connectivity index (χ0n) is 9.61. The van der Waals surface area contributed by atoms with Gasteiger partial charge in [-0.25, -0.2) is 4.39 Å². The topological polar surface area (TPSA) is 33.6 Å². The zero-order valence-corrected chi connectivity index (χ0v) is 10.4. The molecule has 2 rings (SSSR count). The molecule has 0 amide bonds. The molecule has 0 spiro atoms. The van der Waals surface area contributed by atoms with Crippen molar-refractivity contribution in [3.8, 4) is 11.4 Å². The maximum atomic E-state index is 12.9. The highest BCUT2D eigenvalue weighted by Gasteiger charge is 2.08. The van der Waals surface area contributed by atoms with Crippen LogP contribution in [-0.2, 0) is 6.54 Å². The first-order valence-electron chi connectivity index (χ1n) is 5.63. The number of halogens is 1. The fraction of sp³-hybridized carbons (Fsp3) is 0.333. The molecule has 0 saturated heterocycles. The van der Waals surface area contributed by atoms with Gasteiger partial charge in [-0.05, 0) is 42.9 Å². The van der Waals surface area contributed by atoms with Gasteiger partial charge in [-0.1, -0.05) is 13.3 Å². The number of nitrogens with zero attached hydrogens (tertiary/aromatic N) is 2. The molecule has 0 radical (unpaired) electrons. The van der Waals surface area contributed by atoms with E-state index in [2.05, 4.69) is 17.1 Å². The van der Waals surface area contributed by atoms with Gasteiger partial charge in [0.1, 0.15) is 5.82 Å². The van der Waals surface area contributed by atoms with Crippen LogP contribution in [0.3, 0.4) is 0 Å². The van der Waals surface area contributed by atoms with E-state index in [1.807, 2.05) is 4.57 Å². The molecule has 1 aromatic carbocycles. The van der Waals surface area contributed by atoms with Crippen molar-refractivity contribution in [3.63, 3.8) is 0 Å². The Balaban J connectivity index is 2.38. The van der Waals surface area contributed by atoms with Crippen LogP contribution in [0.4, 0.5) is 4.39 Å². The van der Waals surface area contributed by atoms with Crippen molar-refractivity contribution in [2.45, 2.75) is 26.3 Å². The first-order valence-corrected chi connectivity index (χ1v) is 6.04. The molecule has 5 heteroatoms. The molecule has 0 aliphatic carbocycles. The molecule has 0 aliphatic rings. The van der Waals surface area contributed by atoms with Gasteiger partial charge in [0.2, 0.25) is 0 Å². The standard InChI is InChI=1S/C12H14FN3S/c1-2-3-8-16-11(14-15-12(16)17)9-4-6-10(13)7-5-9/h4-7H,2-3,8H2,1H3,(H,15,17). The van der Waals surface area contributed by atoms with Gasteiger partial charge in [0.05, 0.1) is 0 Å². The summed E-state index contributed by atoms with van der Waals surface area (Å²) in [7, 11) is 0. The van der Waals surface area contributed by atoms with Crippen LogP contribution in [0.1, 0.15) is 19.8 Å². The van der Waals surface area contributed by atoms with Gasteiger partial charge >= 0.3 is 0 Å². The van der Waals surface area contributed by atoms with E-state index >= 15 is 0 Å². The molecule has 0 bridgehead atoms. The number of unbranched alkanes of at least 4 members (excludes halogenated alkanes) is 1. The smallest absolute Gasteiger partial charge is 0.195 e. The first kappa shape index (κ1) is 12.0. The van der Waals surface area contributed by atoms with Crippen molar-refractivity contribution in [1.82, 2.24) is 14.8 Å². The van der Waals surface area contributed by atoms with Crippen molar-refractivity contribution in [2.75, 3.05) is 0 Å². The van der Waals surface area contributed by atoms with Gasteiger partial charge in [-0.3, -0.25) is 5.10 Å². The molecule has 0 atom stereocenters. The molecular formula is C12H14FN3S. The Hall–Kier alpha value is -1.49. The lowest BCUT2D eigenvalue weighted by atomic mass is 10.2. The number of aromatic amines is 1.